The van der Waals surface area contributed by atoms with Gasteiger partial charge in [-0.1, -0.05) is 24.3 Å². The zero-order valence-corrected chi connectivity index (χ0v) is 17.4. The molecule has 0 saturated heterocycles. The van der Waals surface area contributed by atoms with Crippen LogP contribution in [-0.4, -0.2) is 27.1 Å². The van der Waals surface area contributed by atoms with Crippen molar-refractivity contribution in [2.75, 3.05) is 5.32 Å². The van der Waals surface area contributed by atoms with Gasteiger partial charge in [0.1, 0.15) is 12.3 Å². The van der Waals surface area contributed by atoms with Crippen LogP contribution in [0.3, 0.4) is 0 Å². The predicted molar refractivity (Wildman–Crippen MR) is 117 cm³/mol. The fourth-order valence-corrected chi connectivity index (χ4v) is 3.78. The number of amides is 2. The first-order valence-corrected chi connectivity index (χ1v) is 10.5. The van der Waals surface area contributed by atoms with Crippen molar-refractivity contribution in [2.24, 2.45) is 0 Å². The molecule has 0 bridgehead atoms. The van der Waals surface area contributed by atoms with Crippen LogP contribution >= 0.6 is 11.8 Å². The van der Waals surface area contributed by atoms with Crippen molar-refractivity contribution in [3.8, 4) is 0 Å². The Kier molecular flexibility index (Phi) is 6.50. The van der Waals surface area contributed by atoms with E-state index in [1.165, 1.54) is 10.8 Å². The first kappa shape index (κ1) is 21.6. The van der Waals surface area contributed by atoms with Crippen molar-refractivity contribution in [1.82, 2.24) is 14.9 Å². The quantitative estimate of drug-likeness (QED) is 0.381. The van der Waals surface area contributed by atoms with Crippen LogP contribution in [-0.2, 0) is 17.9 Å². The van der Waals surface area contributed by atoms with Gasteiger partial charge in [-0.3, -0.25) is 9.59 Å². The van der Waals surface area contributed by atoms with E-state index in [9.17, 15) is 18.4 Å². The van der Waals surface area contributed by atoms with Crippen molar-refractivity contribution in [2.45, 2.75) is 24.0 Å². The molecule has 0 aliphatic carbocycles. The second-order valence-corrected chi connectivity index (χ2v) is 7.66. The Balaban J connectivity index is 1.51. The smallest absolute Gasteiger partial charge is 0.291 e. The third kappa shape index (κ3) is 4.97. The number of rotatable bonds is 8. The number of carbonyl (C=O) groups is 2. The number of carbonyl (C=O) groups excluding carboxylic acids is 2. The number of alkyl halides is 2. The number of benzene rings is 2. The third-order valence-electron chi connectivity index (χ3n) is 4.56. The highest BCUT2D eigenvalue weighted by atomic mass is 32.2. The number of hydrogen-bond donors (Lipinski definition) is 2. The number of aromatic nitrogens is 2. The molecule has 10 heteroatoms. The lowest BCUT2D eigenvalue weighted by Gasteiger charge is -2.13. The van der Waals surface area contributed by atoms with E-state index >= 15 is 0 Å². The number of thioether (sulfide) groups is 1. The molecular weight excluding hydrogens is 438 g/mol. The van der Waals surface area contributed by atoms with Gasteiger partial charge in [-0.25, -0.2) is 4.98 Å². The van der Waals surface area contributed by atoms with Gasteiger partial charge in [-0.2, -0.15) is 8.78 Å². The van der Waals surface area contributed by atoms with Crippen LogP contribution in [0, 0.1) is 0 Å². The molecule has 0 saturated carbocycles. The van der Waals surface area contributed by atoms with Gasteiger partial charge in [0.05, 0.1) is 35.1 Å². The number of furan rings is 1. The lowest BCUT2D eigenvalue weighted by molar-refractivity contribution is -0.116. The van der Waals surface area contributed by atoms with Gasteiger partial charge in [0, 0.05) is 0 Å². The largest absolute Gasteiger partial charge is 0.467 e. The molecule has 0 atom stereocenters. The lowest BCUT2D eigenvalue weighted by atomic mass is 10.1. The van der Waals surface area contributed by atoms with Gasteiger partial charge in [-0.05, 0) is 48.2 Å². The molecular formula is C22H18F2N4O3S. The van der Waals surface area contributed by atoms with E-state index in [0.29, 0.717) is 22.5 Å². The monoisotopic (exact) mass is 456 g/mol. The maximum absolute atomic E-state index is 13.0. The van der Waals surface area contributed by atoms with Crippen molar-refractivity contribution in [3.05, 3.63) is 78.3 Å². The second kappa shape index (κ2) is 9.65. The molecule has 164 valence electrons. The van der Waals surface area contributed by atoms with E-state index < -0.39 is 11.7 Å². The summed E-state index contributed by atoms with van der Waals surface area (Å²) in [6, 6.07) is 16.9. The van der Waals surface area contributed by atoms with Crippen LogP contribution < -0.4 is 10.6 Å². The topological polar surface area (TPSA) is 89.2 Å². The van der Waals surface area contributed by atoms with E-state index in [4.69, 9.17) is 4.42 Å². The Bertz CT molecular complexity index is 1240. The molecule has 7 nitrogen and oxygen atoms in total. The van der Waals surface area contributed by atoms with Crippen molar-refractivity contribution in [3.63, 3.8) is 0 Å². The van der Waals surface area contributed by atoms with Crippen LogP contribution in [0.5, 0.6) is 0 Å². The Morgan fingerprint density at radius 1 is 1.06 bits per heavy atom. The summed E-state index contributed by atoms with van der Waals surface area (Å²) in [5.74, 6) is -2.95. The average Bonchev–Trinajstić information content (AvgIpc) is 3.40. The van der Waals surface area contributed by atoms with Crippen LogP contribution in [0.15, 0.2) is 76.5 Å². The van der Waals surface area contributed by atoms with Crippen molar-refractivity contribution < 1.29 is 22.8 Å². The first-order chi connectivity index (χ1) is 15.5. The van der Waals surface area contributed by atoms with Gasteiger partial charge < -0.3 is 19.6 Å². The van der Waals surface area contributed by atoms with Gasteiger partial charge in [0.2, 0.25) is 5.91 Å². The molecule has 0 spiro atoms. The minimum Gasteiger partial charge on any atom is -0.467 e. The number of hydrogen-bond acceptors (Lipinski definition) is 5. The molecule has 0 aliphatic rings. The summed E-state index contributed by atoms with van der Waals surface area (Å²) in [5.41, 5.74) is 1.66. The molecule has 2 amide bonds. The zero-order chi connectivity index (χ0) is 22.5. The number of halogens is 2. The number of imidazole rings is 1. The summed E-state index contributed by atoms with van der Waals surface area (Å²) in [6.07, 6.45) is 1.51. The third-order valence-corrected chi connectivity index (χ3v) is 5.27. The van der Waals surface area contributed by atoms with Crippen LogP contribution in [0.25, 0.3) is 11.0 Å². The molecule has 0 aliphatic heterocycles. The number of anilines is 1. The highest BCUT2D eigenvalue weighted by Gasteiger charge is 2.19. The molecule has 4 rings (SSSR count). The summed E-state index contributed by atoms with van der Waals surface area (Å²) in [5, 5.41) is 5.47. The fraction of sp³-hybridized carbons (Fsp3) is 0.136. The van der Waals surface area contributed by atoms with E-state index in [-0.39, 0.29) is 41.5 Å². The Morgan fingerprint density at radius 2 is 1.84 bits per heavy atom. The molecule has 4 aromatic rings. The SMILES string of the molecule is O=C(Cn1c(SC(F)F)nc2ccccc21)Nc1ccccc1C(=O)NCc1ccco1. The minimum atomic E-state index is -2.67. The number of para-hydroxylation sites is 3. The first-order valence-electron chi connectivity index (χ1n) is 9.61. The van der Waals surface area contributed by atoms with E-state index in [1.54, 1.807) is 60.7 Å². The van der Waals surface area contributed by atoms with E-state index in [2.05, 4.69) is 15.6 Å². The Labute approximate surface area is 185 Å². The minimum absolute atomic E-state index is 0.0424. The molecule has 2 aromatic carbocycles. The van der Waals surface area contributed by atoms with Gasteiger partial charge in [-0.15, -0.1) is 0 Å². The highest BCUT2D eigenvalue weighted by Crippen LogP contribution is 2.28. The standard InChI is InChI=1S/C22H18F2N4O3S/c23-21(24)32-22-27-17-9-3-4-10-18(17)28(22)13-19(29)26-16-8-2-1-7-15(16)20(30)25-12-14-6-5-11-31-14/h1-11,21H,12-13H2,(H,25,30)(H,26,29). The van der Waals surface area contributed by atoms with Crippen molar-refractivity contribution >= 4 is 40.3 Å². The van der Waals surface area contributed by atoms with Crippen LogP contribution in [0.4, 0.5) is 14.5 Å². The number of nitrogens with one attached hydrogen (secondary N) is 2. The van der Waals surface area contributed by atoms with Crippen LogP contribution in [0.2, 0.25) is 0 Å². The second-order valence-electron chi connectivity index (χ2n) is 6.70. The van der Waals surface area contributed by atoms with E-state index in [0.717, 1.165) is 0 Å². The normalized spacial score (nSPS) is 11.1. The van der Waals surface area contributed by atoms with Crippen LogP contribution in [0.1, 0.15) is 16.1 Å². The fourth-order valence-electron chi connectivity index (χ4n) is 3.18. The maximum atomic E-state index is 13.0. The molecule has 32 heavy (non-hydrogen) atoms. The van der Waals surface area contributed by atoms with E-state index in [1.807, 2.05) is 0 Å². The summed E-state index contributed by atoms with van der Waals surface area (Å²) < 4.78 is 32.6. The average molecular weight is 456 g/mol. The molecule has 0 radical (unpaired) electrons. The highest BCUT2D eigenvalue weighted by molar-refractivity contribution is 7.99. The molecule has 0 fully saturated rings. The van der Waals surface area contributed by atoms with Crippen molar-refractivity contribution in [1.29, 1.82) is 0 Å². The van der Waals surface area contributed by atoms with Gasteiger partial charge in [0.15, 0.2) is 5.16 Å². The lowest BCUT2D eigenvalue weighted by Crippen LogP contribution is -2.25. The Morgan fingerprint density at radius 3 is 2.62 bits per heavy atom. The molecule has 0 unspecified atom stereocenters. The summed E-state index contributed by atoms with van der Waals surface area (Å²) in [7, 11) is 0. The number of fused-ring (bicyclic) bond motifs is 1. The predicted octanol–water partition coefficient (Wildman–Crippen LogP) is 4.51. The summed E-state index contributed by atoms with van der Waals surface area (Å²) in [6.45, 7) is -0.0404. The van der Waals surface area contributed by atoms with Gasteiger partial charge in [0.25, 0.3) is 11.7 Å². The summed E-state index contributed by atoms with van der Waals surface area (Å²) >= 11 is 0.278. The van der Waals surface area contributed by atoms with Gasteiger partial charge >= 0.3 is 0 Å². The Hall–Kier alpha value is -3.66. The molecule has 2 N–H and O–H groups in total. The zero-order valence-electron chi connectivity index (χ0n) is 16.6. The summed E-state index contributed by atoms with van der Waals surface area (Å²) in [4.78, 5) is 29.6. The maximum Gasteiger partial charge on any atom is 0.291 e. The number of nitrogens with zero attached hydrogens (tertiary/aromatic N) is 2. The molecule has 2 aromatic heterocycles. The molecule has 2 heterocycles.